The summed E-state index contributed by atoms with van der Waals surface area (Å²) in [4.78, 5) is 1.44. The van der Waals surface area contributed by atoms with Crippen LogP contribution in [-0.2, 0) is 0 Å². The Morgan fingerprint density at radius 1 is 0.862 bits per heavy atom. The fourth-order valence-corrected chi connectivity index (χ4v) is 2.68. The first-order chi connectivity index (χ1) is 14.0. The number of benzene rings is 2. The van der Waals surface area contributed by atoms with Crippen LogP contribution in [0.3, 0.4) is 0 Å². The lowest BCUT2D eigenvalue weighted by Crippen LogP contribution is -2.23. The van der Waals surface area contributed by atoms with Gasteiger partial charge in [0.1, 0.15) is 0 Å². The molecule has 0 amide bonds. The summed E-state index contributed by atoms with van der Waals surface area (Å²) in [6.45, 7) is 0. The lowest BCUT2D eigenvalue weighted by atomic mass is 10.1. The molecular weight excluding hydrogens is 372 g/mol. The number of aromatic nitrogens is 2. The van der Waals surface area contributed by atoms with Crippen LogP contribution in [0.4, 0.5) is 0 Å². The number of nitrogens with zero attached hydrogens (tertiary/aromatic N) is 2. The van der Waals surface area contributed by atoms with Gasteiger partial charge in [-0.1, -0.05) is 24.3 Å². The van der Waals surface area contributed by atoms with Crippen molar-refractivity contribution in [1.82, 2.24) is 9.89 Å². The smallest absolute Gasteiger partial charge is 0.161 e. The highest BCUT2D eigenvalue weighted by molar-refractivity contribution is 5.73. The van der Waals surface area contributed by atoms with E-state index in [1.165, 1.54) is 19.0 Å². The number of methoxy groups -OCH3 is 2. The molecule has 1 heterocycles. The number of hydrazine groups is 1. The van der Waals surface area contributed by atoms with Gasteiger partial charge in [0.05, 0.1) is 25.6 Å². The van der Waals surface area contributed by atoms with Crippen molar-refractivity contribution in [2.24, 2.45) is 5.84 Å². The number of nitrogen functional groups attached to an aromatic ring is 1. The summed E-state index contributed by atoms with van der Waals surface area (Å²) in [6, 6.07) is 12.0. The van der Waals surface area contributed by atoms with Crippen LogP contribution >= 0.6 is 0 Å². The van der Waals surface area contributed by atoms with E-state index in [-0.39, 0.29) is 11.5 Å². The number of hydrogen-bond donors (Lipinski definition) is 4. The molecule has 8 heteroatoms. The largest absolute Gasteiger partial charge is 0.504 e. The van der Waals surface area contributed by atoms with E-state index in [4.69, 9.17) is 15.3 Å². The average Bonchev–Trinajstić information content (AvgIpc) is 3.14. The lowest BCUT2D eigenvalue weighted by molar-refractivity contribution is 0.373. The summed E-state index contributed by atoms with van der Waals surface area (Å²) in [5.41, 5.74) is 5.61. The third-order valence-corrected chi connectivity index (χ3v) is 4.18. The van der Waals surface area contributed by atoms with Crippen molar-refractivity contribution in [1.29, 1.82) is 0 Å². The molecule has 0 atom stereocenters. The number of nitrogens with one attached hydrogen (secondary N) is 1. The van der Waals surface area contributed by atoms with E-state index in [9.17, 15) is 10.2 Å². The van der Waals surface area contributed by atoms with Gasteiger partial charge in [-0.3, -0.25) is 0 Å². The van der Waals surface area contributed by atoms with Gasteiger partial charge in [0.15, 0.2) is 23.0 Å². The molecule has 2 aromatic carbocycles. The highest BCUT2D eigenvalue weighted by atomic mass is 16.5. The fraction of sp³-hybridized carbons (Fsp3) is 0.0952. The summed E-state index contributed by atoms with van der Waals surface area (Å²) in [6.07, 6.45) is 7.36. The second kappa shape index (κ2) is 8.85. The molecule has 150 valence electrons. The van der Waals surface area contributed by atoms with Gasteiger partial charge in [0, 0.05) is 0 Å². The predicted molar refractivity (Wildman–Crippen MR) is 113 cm³/mol. The van der Waals surface area contributed by atoms with Crippen molar-refractivity contribution in [3.05, 3.63) is 65.0 Å². The van der Waals surface area contributed by atoms with Crippen LogP contribution in [-0.4, -0.2) is 34.3 Å². The van der Waals surface area contributed by atoms with E-state index in [2.05, 4.69) is 10.6 Å². The first kappa shape index (κ1) is 19.8. The number of nitrogens with two attached hydrogens (primary N) is 1. The van der Waals surface area contributed by atoms with Crippen molar-refractivity contribution in [2.75, 3.05) is 19.8 Å². The van der Waals surface area contributed by atoms with Gasteiger partial charge < -0.3 is 19.7 Å². The topological polar surface area (TPSA) is 115 Å². The second-order valence-corrected chi connectivity index (χ2v) is 6.06. The van der Waals surface area contributed by atoms with Gasteiger partial charge in [-0.2, -0.15) is 9.89 Å². The fourth-order valence-electron chi connectivity index (χ4n) is 2.68. The molecule has 1 aromatic heterocycles. The highest BCUT2D eigenvalue weighted by Crippen LogP contribution is 2.28. The minimum atomic E-state index is 0.0802. The molecule has 0 saturated heterocycles. The van der Waals surface area contributed by atoms with Crippen molar-refractivity contribution in [2.45, 2.75) is 0 Å². The number of phenolic OH excluding ortho intramolecular Hbond substituents is 2. The number of hydrogen-bond acceptors (Lipinski definition) is 7. The monoisotopic (exact) mass is 394 g/mol. The summed E-state index contributed by atoms with van der Waals surface area (Å²) in [5, 5.41) is 23.7. The van der Waals surface area contributed by atoms with Crippen LogP contribution in [0.1, 0.15) is 22.5 Å². The molecular formula is C21H22N4O4. The zero-order valence-corrected chi connectivity index (χ0v) is 16.0. The Morgan fingerprint density at radius 3 is 1.93 bits per heavy atom. The van der Waals surface area contributed by atoms with Crippen molar-refractivity contribution >= 4 is 24.3 Å². The Labute approximate surface area is 168 Å². The van der Waals surface area contributed by atoms with Gasteiger partial charge in [0.25, 0.3) is 0 Å². The van der Waals surface area contributed by atoms with Gasteiger partial charge >= 0.3 is 0 Å². The molecule has 0 spiro atoms. The Kier molecular flexibility index (Phi) is 6.06. The van der Waals surface area contributed by atoms with E-state index in [0.29, 0.717) is 17.2 Å². The molecule has 0 saturated carbocycles. The maximum Gasteiger partial charge on any atom is 0.161 e. The van der Waals surface area contributed by atoms with E-state index < -0.39 is 0 Å². The Balaban J connectivity index is 1.82. The number of aromatic hydroxyl groups is 2. The van der Waals surface area contributed by atoms with Crippen molar-refractivity contribution in [3.8, 4) is 23.0 Å². The molecule has 0 aliphatic rings. The van der Waals surface area contributed by atoms with E-state index in [1.807, 2.05) is 30.4 Å². The minimum Gasteiger partial charge on any atom is -0.504 e. The molecule has 0 aliphatic heterocycles. The summed E-state index contributed by atoms with van der Waals surface area (Å²) < 4.78 is 10.2. The number of phenols is 2. The molecule has 3 aromatic rings. The Morgan fingerprint density at radius 2 is 1.41 bits per heavy atom. The standard InChI is InChI=1S/C21H22N4O4/c1-28-20-11-14(5-9-18(20)26)3-7-16-13-17(25(23-16)24-22)8-4-15-6-10-19(27)21(12-15)29-2/h3-13,24,26-27H,22H2,1-2H3/b7-3+,8-4+. The van der Waals surface area contributed by atoms with Gasteiger partial charge in [-0.25, -0.2) is 11.4 Å². The quantitative estimate of drug-likeness (QED) is 0.360. The maximum atomic E-state index is 9.69. The third kappa shape index (κ3) is 4.69. The zero-order valence-electron chi connectivity index (χ0n) is 16.0. The Bertz CT molecular complexity index is 1060. The normalized spacial score (nSPS) is 11.3. The zero-order chi connectivity index (χ0) is 20.8. The first-order valence-electron chi connectivity index (χ1n) is 8.71. The van der Waals surface area contributed by atoms with Crippen LogP contribution in [0.2, 0.25) is 0 Å². The van der Waals surface area contributed by atoms with Crippen LogP contribution in [0.15, 0.2) is 42.5 Å². The predicted octanol–water partition coefficient (Wildman–Crippen LogP) is 3.07. The van der Waals surface area contributed by atoms with Crippen LogP contribution < -0.4 is 20.9 Å². The molecule has 0 bridgehead atoms. The number of rotatable bonds is 7. The van der Waals surface area contributed by atoms with E-state index >= 15 is 0 Å². The van der Waals surface area contributed by atoms with E-state index in [1.54, 1.807) is 36.4 Å². The van der Waals surface area contributed by atoms with E-state index in [0.717, 1.165) is 16.8 Å². The van der Waals surface area contributed by atoms with Gasteiger partial charge in [-0.15, -0.1) is 0 Å². The van der Waals surface area contributed by atoms with Crippen molar-refractivity contribution < 1.29 is 19.7 Å². The molecule has 0 radical (unpaired) electrons. The van der Waals surface area contributed by atoms with Crippen LogP contribution in [0, 0.1) is 0 Å². The van der Waals surface area contributed by atoms with Crippen LogP contribution in [0.5, 0.6) is 23.0 Å². The first-order valence-corrected chi connectivity index (χ1v) is 8.71. The lowest BCUT2D eigenvalue weighted by Gasteiger charge is -2.04. The minimum absolute atomic E-state index is 0.0802. The molecule has 0 aliphatic carbocycles. The highest BCUT2D eigenvalue weighted by Gasteiger charge is 2.05. The second-order valence-electron chi connectivity index (χ2n) is 6.06. The number of ether oxygens (including phenoxy) is 2. The molecule has 5 N–H and O–H groups in total. The van der Waals surface area contributed by atoms with Crippen molar-refractivity contribution in [3.63, 3.8) is 0 Å². The third-order valence-electron chi connectivity index (χ3n) is 4.18. The van der Waals surface area contributed by atoms with Crippen LogP contribution in [0.25, 0.3) is 24.3 Å². The average molecular weight is 394 g/mol. The molecule has 29 heavy (non-hydrogen) atoms. The maximum absolute atomic E-state index is 9.69. The molecule has 0 fully saturated rings. The summed E-state index contributed by atoms with van der Waals surface area (Å²) in [7, 11) is 3.00. The molecule has 0 unspecified atom stereocenters. The summed E-state index contributed by atoms with van der Waals surface area (Å²) >= 11 is 0. The van der Waals surface area contributed by atoms with Gasteiger partial charge in [0.2, 0.25) is 0 Å². The SMILES string of the molecule is COc1cc(/C=C/c2cc(/C=C/c3ccc(O)c(OC)c3)n(NN)n2)ccc1O. The van der Waals surface area contributed by atoms with Gasteiger partial charge in [-0.05, 0) is 53.6 Å². The molecule has 3 rings (SSSR count). The summed E-state index contributed by atoms with van der Waals surface area (Å²) in [5.74, 6) is 6.51. The Hall–Kier alpha value is -3.91. The molecule has 8 nitrogen and oxygen atoms in total.